The molecule has 1 N–H and O–H groups in total. The molecule has 0 amide bonds. The van der Waals surface area contributed by atoms with Gasteiger partial charge in [0.1, 0.15) is 23.9 Å². The Balaban J connectivity index is 1.65. The molecule has 43 heavy (non-hydrogen) atoms. The van der Waals surface area contributed by atoms with Gasteiger partial charge in [0.15, 0.2) is 10.8 Å². The van der Waals surface area contributed by atoms with Crippen molar-refractivity contribution in [1.82, 2.24) is 4.98 Å². The number of anilines is 1. The molecule has 0 aliphatic carbocycles. The molecule has 1 fully saturated rings. The van der Waals surface area contributed by atoms with E-state index in [1.807, 2.05) is 33.8 Å². The van der Waals surface area contributed by atoms with E-state index in [1.54, 1.807) is 36.4 Å². The Hall–Kier alpha value is -4.10. The van der Waals surface area contributed by atoms with Crippen LogP contribution in [0, 0.1) is 34.4 Å². The van der Waals surface area contributed by atoms with Crippen LogP contribution in [0.3, 0.4) is 0 Å². The van der Waals surface area contributed by atoms with E-state index in [9.17, 15) is 22.4 Å². The summed E-state index contributed by atoms with van der Waals surface area (Å²) in [6.07, 6.45) is 2.91. The van der Waals surface area contributed by atoms with Crippen molar-refractivity contribution in [3.8, 4) is 6.07 Å². The third-order valence-electron chi connectivity index (χ3n) is 7.78. The monoisotopic (exact) mass is 605 g/mol. The van der Waals surface area contributed by atoms with Gasteiger partial charge in [-0.05, 0) is 72.2 Å². The van der Waals surface area contributed by atoms with Gasteiger partial charge in [0.25, 0.3) is 10.0 Å². The number of carbonyl (C=O) groups excluding carboxylic acids is 2. The van der Waals surface area contributed by atoms with Crippen molar-refractivity contribution < 1.29 is 27.1 Å². The maximum atomic E-state index is 14.2. The molecule has 10 heteroatoms. The summed E-state index contributed by atoms with van der Waals surface area (Å²) in [4.78, 5) is 31.6. The number of cyclic esters (lactones) is 1. The number of rotatable bonds is 10. The number of sulfonamides is 1. The summed E-state index contributed by atoms with van der Waals surface area (Å²) in [7, 11) is -4.07. The zero-order valence-electron chi connectivity index (χ0n) is 24.7. The molecule has 2 heterocycles. The number of ketones is 1. The van der Waals surface area contributed by atoms with Crippen LogP contribution >= 0.6 is 0 Å². The molecule has 226 valence electrons. The summed E-state index contributed by atoms with van der Waals surface area (Å²) in [5, 5.41) is 8.74. The molecule has 1 aromatic heterocycles. The largest absolute Gasteiger partial charge is 0.461 e. The fraction of sp³-hybridized carbons (Fsp3) is 0.394. The average molecular weight is 606 g/mol. The summed E-state index contributed by atoms with van der Waals surface area (Å²) in [5.74, 6) is -3.32. The van der Waals surface area contributed by atoms with Crippen LogP contribution in [0.2, 0.25) is 0 Å². The second kappa shape index (κ2) is 13.0. The standard InChI is InChI=1S/C33H36FN3O5S/c1-5-7-27-26(16-12-21-10-14-24(34)15-11-21)31(38)29(32(39)42-27)30(33(2,3)4)23-8-6-9-25(18-23)37-43(40,41)28-17-13-22(19-35)20-36-28/h6,8-11,13-15,17-18,20,26-27,29-30,37H,5,7,12,16H2,1-4H3/t26-,27-,29?,30?/m1/s1. The molecule has 0 bridgehead atoms. The van der Waals surface area contributed by atoms with Crippen molar-refractivity contribution in [2.75, 3.05) is 4.72 Å². The Kier molecular flexibility index (Phi) is 9.65. The number of Topliss-reactive ketones (excluding diaryl/α,β-unsaturated/α-hetero) is 1. The van der Waals surface area contributed by atoms with Crippen LogP contribution in [-0.4, -0.2) is 31.3 Å². The highest BCUT2D eigenvalue weighted by molar-refractivity contribution is 7.92. The van der Waals surface area contributed by atoms with E-state index in [1.165, 1.54) is 30.5 Å². The average Bonchev–Trinajstić information content (AvgIpc) is 2.95. The van der Waals surface area contributed by atoms with Crippen LogP contribution in [0.15, 0.2) is 71.9 Å². The number of halogens is 1. The number of carbonyl (C=O) groups is 2. The van der Waals surface area contributed by atoms with Gasteiger partial charge >= 0.3 is 5.97 Å². The van der Waals surface area contributed by atoms with Crippen LogP contribution in [-0.2, 0) is 30.8 Å². The summed E-state index contributed by atoms with van der Waals surface area (Å²) >= 11 is 0. The third kappa shape index (κ3) is 7.46. The molecule has 1 saturated heterocycles. The smallest absolute Gasteiger partial charge is 0.317 e. The normalized spacial score (nSPS) is 19.8. The van der Waals surface area contributed by atoms with E-state index in [0.717, 1.165) is 12.0 Å². The van der Waals surface area contributed by atoms with Crippen LogP contribution in [0.1, 0.15) is 69.6 Å². The van der Waals surface area contributed by atoms with E-state index in [2.05, 4.69) is 9.71 Å². The zero-order valence-corrected chi connectivity index (χ0v) is 25.5. The fourth-order valence-corrected chi connectivity index (χ4v) is 6.76. The van der Waals surface area contributed by atoms with Crippen molar-refractivity contribution in [1.29, 1.82) is 5.26 Å². The van der Waals surface area contributed by atoms with Crippen LogP contribution in [0.5, 0.6) is 0 Å². The van der Waals surface area contributed by atoms with E-state index in [4.69, 9.17) is 10.00 Å². The quantitative estimate of drug-likeness (QED) is 0.216. The lowest BCUT2D eigenvalue weighted by Crippen LogP contribution is -2.50. The van der Waals surface area contributed by atoms with Crippen molar-refractivity contribution in [3.63, 3.8) is 0 Å². The number of aromatic nitrogens is 1. The first kappa shape index (κ1) is 31.8. The molecule has 8 nitrogen and oxygen atoms in total. The van der Waals surface area contributed by atoms with Gasteiger partial charge < -0.3 is 4.74 Å². The minimum absolute atomic E-state index is 0.190. The lowest BCUT2D eigenvalue weighted by atomic mass is 9.65. The van der Waals surface area contributed by atoms with Crippen molar-refractivity contribution in [3.05, 3.63) is 89.4 Å². The molecule has 1 aliphatic rings. The number of hydrogen-bond donors (Lipinski definition) is 1. The highest BCUT2D eigenvalue weighted by Gasteiger charge is 2.51. The third-order valence-corrected chi connectivity index (χ3v) is 9.07. The van der Waals surface area contributed by atoms with Gasteiger partial charge in [-0.1, -0.05) is 58.4 Å². The van der Waals surface area contributed by atoms with Gasteiger partial charge in [-0.3, -0.25) is 14.3 Å². The number of pyridine rings is 1. The van der Waals surface area contributed by atoms with Gasteiger partial charge in [0.2, 0.25) is 0 Å². The molecule has 4 rings (SSSR count). The van der Waals surface area contributed by atoms with Gasteiger partial charge in [-0.2, -0.15) is 13.7 Å². The molecule has 0 saturated carbocycles. The second-order valence-corrected chi connectivity index (χ2v) is 13.6. The summed E-state index contributed by atoms with van der Waals surface area (Å²) < 4.78 is 48.0. The molecule has 2 aromatic carbocycles. The molecule has 3 aromatic rings. The topological polar surface area (TPSA) is 126 Å². The molecule has 0 radical (unpaired) electrons. The van der Waals surface area contributed by atoms with E-state index in [-0.39, 0.29) is 27.9 Å². The van der Waals surface area contributed by atoms with E-state index >= 15 is 0 Å². The number of nitriles is 1. The molecular formula is C33H36FN3O5S. The number of hydrogen-bond acceptors (Lipinski definition) is 7. The van der Waals surface area contributed by atoms with Crippen molar-refractivity contribution >= 4 is 27.5 Å². The van der Waals surface area contributed by atoms with Crippen molar-refractivity contribution in [2.24, 2.45) is 17.3 Å². The lowest BCUT2D eigenvalue weighted by molar-refractivity contribution is -0.174. The number of esters is 1. The minimum Gasteiger partial charge on any atom is -0.461 e. The number of benzene rings is 2. The predicted molar refractivity (Wildman–Crippen MR) is 160 cm³/mol. The Morgan fingerprint density at radius 1 is 1.07 bits per heavy atom. The van der Waals surface area contributed by atoms with Gasteiger partial charge in [-0.15, -0.1) is 0 Å². The molecule has 1 aliphatic heterocycles. The Morgan fingerprint density at radius 2 is 1.79 bits per heavy atom. The van der Waals surface area contributed by atoms with Gasteiger partial charge in [0, 0.05) is 17.8 Å². The van der Waals surface area contributed by atoms with Crippen molar-refractivity contribution in [2.45, 2.75) is 70.4 Å². The highest BCUT2D eigenvalue weighted by atomic mass is 32.2. The second-order valence-electron chi connectivity index (χ2n) is 12.0. The fourth-order valence-electron chi connectivity index (χ4n) is 5.78. The number of ether oxygens (including phenoxy) is 1. The van der Waals surface area contributed by atoms with Gasteiger partial charge in [-0.25, -0.2) is 9.37 Å². The van der Waals surface area contributed by atoms with Gasteiger partial charge in [0.05, 0.1) is 11.5 Å². The summed E-state index contributed by atoms with van der Waals surface area (Å²) in [6.45, 7) is 7.77. The maximum absolute atomic E-state index is 14.2. The van der Waals surface area contributed by atoms with E-state index in [0.29, 0.717) is 24.8 Å². The Morgan fingerprint density at radius 3 is 2.40 bits per heavy atom. The SMILES string of the molecule is CCC[C@H]1OC(=O)C(C(c2cccc(NS(=O)(=O)c3ccc(C#N)cn3)c2)C(C)(C)C)C(=O)[C@@H]1CCc1ccc(F)cc1. The van der Waals surface area contributed by atoms with E-state index < -0.39 is 45.3 Å². The zero-order chi connectivity index (χ0) is 31.4. The molecular weight excluding hydrogens is 569 g/mol. The Bertz CT molecular complexity index is 1610. The predicted octanol–water partition coefficient (Wildman–Crippen LogP) is 6.18. The highest BCUT2D eigenvalue weighted by Crippen LogP contribution is 2.46. The van der Waals surface area contributed by atoms with Crippen LogP contribution in [0.4, 0.5) is 10.1 Å². The first-order chi connectivity index (χ1) is 20.3. The van der Waals surface area contributed by atoms with Crippen LogP contribution < -0.4 is 4.72 Å². The Labute approximate surface area is 252 Å². The van der Waals surface area contributed by atoms with Crippen LogP contribution in [0.25, 0.3) is 0 Å². The minimum atomic E-state index is -4.07. The number of nitrogens with one attached hydrogen (secondary N) is 1. The lowest BCUT2D eigenvalue weighted by Gasteiger charge is -2.42. The number of aryl methyl sites for hydroxylation is 1. The summed E-state index contributed by atoms with van der Waals surface area (Å²) in [5.41, 5.74) is 1.40. The molecule has 0 spiro atoms. The maximum Gasteiger partial charge on any atom is 0.317 e. The number of nitrogens with zero attached hydrogens (tertiary/aromatic N) is 2. The molecule has 4 atom stereocenters. The first-order valence-corrected chi connectivity index (χ1v) is 15.8. The first-order valence-electron chi connectivity index (χ1n) is 14.3. The molecule has 2 unspecified atom stereocenters. The summed E-state index contributed by atoms with van der Waals surface area (Å²) in [6, 6.07) is 17.3.